The lowest BCUT2D eigenvalue weighted by atomic mass is 9.74. The van der Waals surface area contributed by atoms with Gasteiger partial charge < -0.3 is 14.9 Å². The minimum atomic E-state index is -4.91. The second-order valence-electron chi connectivity index (χ2n) is 13.9. The zero-order valence-electron chi connectivity index (χ0n) is 28.3. The summed E-state index contributed by atoms with van der Waals surface area (Å²) < 4.78 is 45.3. The molecule has 12 heteroatoms. The molecule has 4 amide bonds. The van der Waals surface area contributed by atoms with Crippen molar-refractivity contribution >= 4 is 40.7 Å². The van der Waals surface area contributed by atoms with Gasteiger partial charge in [0.2, 0.25) is 0 Å². The lowest BCUT2D eigenvalue weighted by molar-refractivity contribution is -0.173. The van der Waals surface area contributed by atoms with Crippen LogP contribution in [-0.4, -0.2) is 59.9 Å². The Morgan fingerprint density at radius 1 is 0.647 bits per heavy atom. The molecule has 0 radical (unpaired) electrons. The number of fused-ring (bicyclic) bond motifs is 9. The summed E-state index contributed by atoms with van der Waals surface area (Å²) in [6.07, 6.45) is -4.91. The van der Waals surface area contributed by atoms with Crippen molar-refractivity contribution < 1.29 is 37.5 Å². The molecule has 260 valence electrons. The highest BCUT2D eigenvalue weighted by molar-refractivity contribution is 6.35. The van der Waals surface area contributed by atoms with Crippen molar-refractivity contribution in [1.29, 1.82) is 0 Å². The Balaban J connectivity index is 1.19. The molecule has 4 heterocycles. The summed E-state index contributed by atoms with van der Waals surface area (Å²) in [7, 11) is 1.26. The van der Waals surface area contributed by atoms with Crippen molar-refractivity contribution in [3.8, 4) is 0 Å². The minimum absolute atomic E-state index is 0.00765. The average molecular weight is 695 g/mol. The lowest BCUT2D eigenvalue weighted by Gasteiger charge is -2.33. The molecule has 2 bridgehead atoms. The van der Waals surface area contributed by atoms with E-state index in [0.717, 1.165) is 64.0 Å². The Morgan fingerprint density at radius 2 is 1.14 bits per heavy atom. The summed E-state index contributed by atoms with van der Waals surface area (Å²) in [6.45, 7) is 7.19. The van der Waals surface area contributed by atoms with Gasteiger partial charge >= 0.3 is 6.18 Å². The number of carbonyl (C=O) groups is 4. The number of halogens is 3. The van der Waals surface area contributed by atoms with Crippen LogP contribution in [-0.2, 0) is 25.1 Å². The van der Waals surface area contributed by atoms with Crippen LogP contribution in [0.5, 0.6) is 0 Å². The molecule has 0 fully saturated rings. The molecule has 0 aromatic heterocycles. The third-order valence-corrected chi connectivity index (χ3v) is 11.1. The number of imide groups is 2. The fraction of sp³-hybridized carbons (Fsp3) is 0.282. The van der Waals surface area contributed by atoms with E-state index in [1.807, 2.05) is 0 Å². The Labute approximate surface area is 291 Å². The highest BCUT2D eigenvalue weighted by Crippen LogP contribution is 2.48. The SMILES string of the molecule is Cc1cc2c(cc1C)N1CCN(C2)c2cc(N3C(=O)c4ccc(C(C)(c5ccc6c(c5)C(=O)N(C)C6=O)C(F)(F)F)cc4C3=O)c(CO)cc2C1. The van der Waals surface area contributed by atoms with Crippen LogP contribution >= 0.6 is 0 Å². The maximum absolute atomic E-state index is 15.1. The van der Waals surface area contributed by atoms with Crippen LogP contribution in [0.25, 0.3) is 0 Å². The Morgan fingerprint density at radius 3 is 1.73 bits per heavy atom. The van der Waals surface area contributed by atoms with Gasteiger partial charge in [-0.25, -0.2) is 4.90 Å². The first-order chi connectivity index (χ1) is 24.1. The topological polar surface area (TPSA) is 101 Å². The molecule has 1 atom stereocenters. The van der Waals surface area contributed by atoms with E-state index in [1.54, 1.807) is 12.1 Å². The third-order valence-electron chi connectivity index (χ3n) is 11.1. The number of rotatable bonds is 4. The number of alkyl halides is 3. The predicted octanol–water partition coefficient (Wildman–Crippen LogP) is 6.03. The molecule has 1 unspecified atom stereocenters. The summed E-state index contributed by atoms with van der Waals surface area (Å²) in [4.78, 5) is 59.4. The van der Waals surface area contributed by atoms with Crippen LogP contribution in [0.2, 0.25) is 0 Å². The average Bonchev–Trinajstić information content (AvgIpc) is 3.29. The Bertz CT molecular complexity index is 2270. The number of anilines is 3. The summed E-state index contributed by atoms with van der Waals surface area (Å²) in [5.41, 5.74) is 3.18. The lowest BCUT2D eigenvalue weighted by Crippen LogP contribution is -2.41. The van der Waals surface area contributed by atoms with Crippen molar-refractivity contribution in [2.75, 3.05) is 34.8 Å². The normalized spacial score (nSPS) is 17.7. The van der Waals surface area contributed by atoms with E-state index < -0.39 is 41.8 Å². The number of carbonyl (C=O) groups excluding carboxylic acids is 4. The van der Waals surface area contributed by atoms with E-state index >= 15 is 13.2 Å². The van der Waals surface area contributed by atoms with Gasteiger partial charge in [-0.05, 0) is 96.6 Å². The van der Waals surface area contributed by atoms with E-state index in [4.69, 9.17) is 0 Å². The van der Waals surface area contributed by atoms with Crippen LogP contribution in [0.4, 0.5) is 30.2 Å². The molecule has 4 aromatic carbocycles. The van der Waals surface area contributed by atoms with Crippen molar-refractivity contribution in [3.05, 3.63) is 122 Å². The summed E-state index contributed by atoms with van der Waals surface area (Å²) >= 11 is 0. The monoisotopic (exact) mass is 694 g/mol. The summed E-state index contributed by atoms with van der Waals surface area (Å²) in [6, 6.07) is 14.8. The third kappa shape index (κ3) is 4.58. The second-order valence-corrected chi connectivity index (χ2v) is 13.9. The number of aliphatic hydroxyl groups excluding tert-OH is 1. The zero-order valence-corrected chi connectivity index (χ0v) is 28.3. The number of hydrogen-bond acceptors (Lipinski definition) is 7. The molecular formula is C39H33F3N4O5. The quantitative estimate of drug-likeness (QED) is 0.261. The maximum atomic E-state index is 15.1. The van der Waals surface area contributed by atoms with Crippen LogP contribution < -0.4 is 14.7 Å². The molecule has 0 spiro atoms. The highest BCUT2D eigenvalue weighted by atomic mass is 19.4. The summed E-state index contributed by atoms with van der Waals surface area (Å²) in [5, 5.41) is 10.5. The number of hydrogen-bond donors (Lipinski definition) is 1. The van der Waals surface area contributed by atoms with Crippen molar-refractivity contribution in [2.45, 2.75) is 52.1 Å². The second kappa shape index (κ2) is 11.0. The summed E-state index contributed by atoms with van der Waals surface area (Å²) in [5.74, 6) is -2.83. The fourth-order valence-corrected chi connectivity index (χ4v) is 7.87. The molecular weight excluding hydrogens is 661 g/mol. The molecule has 1 N–H and O–H groups in total. The number of aryl methyl sites for hydroxylation is 2. The number of amides is 4. The maximum Gasteiger partial charge on any atom is 0.402 e. The van der Waals surface area contributed by atoms with Gasteiger partial charge in [-0.2, -0.15) is 13.2 Å². The van der Waals surface area contributed by atoms with Gasteiger partial charge in [0.05, 0.1) is 34.5 Å². The van der Waals surface area contributed by atoms with Gasteiger partial charge in [-0.15, -0.1) is 0 Å². The smallest absolute Gasteiger partial charge is 0.392 e. The van der Waals surface area contributed by atoms with Gasteiger partial charge in [-0.1, -0.05) is 18.2 Å². The number of benzene rings is 4. The minimum Gasteiger partial charge on any atom is -0.392 e. The predicted molar refractivity (Wildman–Crippen MR) is 183 cm³/mol. The Hall–Kier alpha value is -5.49. The van der Waals surface area contributed by atoms with Gasteiger partial charge in [0.1, 0.15) is 5.41 Å². The van der Waals surface area contributed by atoms with E-state index in [1.165, 1.54) is 36.4 Å². The first kappa shape index (κ1) is 32.7. The molecule has 4 aromatic rings. The molecule has 51 heavy (non-hydrogen) atoms. The molecule has 0 saturated heterocycles. The first-order valence-electron chi connectivity index (χ1n) is 16.6. The largest absolute Gasteiger partial charge is 0.402 e. The van der Waals surface area contributed by atoms with Gasteiger partial charge in [-0.3, -0.25) is 24.1 Å². The van der Waals surface area contributed by atoms with Crippen LogP contribution in [0.3, 0.4) is 0 Å². The van der Waals surface area contributed by atoms with Crippen LogP contribution in [0.15, 0.2) is 60.7 Å². The van der Waals surface area contributed by atoms with Crippen LogP contribution in [0.1, 0.15) is 87.3 Å². The van der Waals surface area contributed by atoms with E-state index in [-0.39, 0.29) is 39.1 Å². The molecule has 4 aliphatic rings. The van der Waals surface area contributed by atoms with Gasteiger partial charge in [0.25, 0.3) is 23.6 Å². The molecule has 4 aliphatic heterocycles. The van der Waals surface area contributed by atoms with Crippen molar-refractivity contribution in [3.63, 3.8) is 0 Å². The standard InChI is InChI=1S/C39H33F3N4O5/c1-20-11-22-17-45-10-9-44(31(22)12-21(20)2)18-23-13-24(19-47)33(16-32(23)45)46-36(50)28-8-6-26(15-30(28)37(46)51)38(3,39(40,41)42)25-5-7-27-29(14-25)35(49)43(4)34(27)48/h5-8,11-16,47H,9-10,17-19H2,1-4H3. The van der Waals surface area contributed by atoms with Gasteiger partial charge in [0.15, 0.2) is 0 Å². The van der Waals surface area contributed by atoms with E-state index in [9.17, 15) is 24.3 Å². The van der Waals surface area contributed by atoms with E-state index in [0.29, 0.717) is 25.2 Å². The van der Waals surface area contributed by atoms with Crippen molar-refractivity contribution in [1.82, 2.24) is 4.90 Å². The zero-order chi connectivity index (χ0) is 36.3. The molecule has 9 nitrogen and oxygen atoms in total. The molecule has 0 saturated carbocycles. The fourth-order valence-electron chi connectivity index (χ4n) is 7.87. The highest BCUT2D eigenvalue weighted by Gasteiger charge is 2.55. The first-order valence-corrected chi connectivity index (χ1v) is 16.6. The molecule has 0 aliphatic carbocycles. The van der Waals surface area contributed by atoms with Crippen LogP contribution in [0, 0.1) is 13.8 Å². The number of nitrogens with zero attached hydrogens (tertiary/aromatic N) is 4. The number of aliphatic hydroxyl groups is 1. The van der Waals surface area contributed by atoms with Crippen molar-refractivity contribution in [2.24, 2.45) is 0 Å². The Kier molecular flexibility index (Phi) is 7.05. The van der Waals surface area contributed by atoms with Gasteiger partial charge in [0, 0.05) is 50.2 Å². The molecule has 8 rings (SSSR count). The van der Waals surface area contributed by atoms with E-state index in [2.05, 4.69) is 35.8 Å².